The molecule has 1 aromatic heterocycles. The number of anilines is 3. The molecule has 0 fully saturated rings. The van der Waals surface area contributed by atoms with Gasteiger partial charge in [0.05, 0.1) is 11.4 Å². The number of aromatic amines is 1. The summed E-state index contributed by atoms with van der Waals surface area (Å²) in [5.74, 6) is -0.0229. The molecule has 3 aromatic rings. The molecule has 0 atom stereocenters. The smallest absolute Gasteiger partial charge is 0.279 e. The second kappa shape index (κ2) is 7.32. The Labute approximate surface area is 149 Å². The molecule has 2 aromatic carbocycles. The third-order valence-corrected chi connectivity index (χ3v) is 3.67. The highest BCUT2D eigenvalue weighted by Crippen LogP contribution is 2.31. The predicted molar refractivity (Wildman–Crippen MR) is 101 cm³/mol. The number of nitrogens with two attached hydrogens (primary N) is 1. The van der Waals surface area contributed by atoms with Crippen molar-refractivity contribution in [2.75, 3.05) is 11.1 Å². The highest BCUT2D eigenvalue weighted by molar-refractivity contribution is 5.81. The molecule has 0 unspecified atom stereocenters. The van der Waals surface area contributed by atoms with Crippen LogP contribution in [0, 0.1) is 18.3 Å². The van der Waals surface area contributed by atoms with Crippen molar-refractivity contribution in [3.8, 4) is 6.07 Å². The van der Waals surface area contributed by atoms with E-state index in [-0.39, 0.29) is 22.8 Å². The van der Waals surface area contributed by atoms with E-state index < -0.39 is 5.56 Å². The van der Waals surface area contributed by atoms with Gasteiger partial charge in [0.2, 0.25) is 0 Å². The average Bonchev–Trinajstić information content (AvgIpc) is 2.64. The summed E-state index contributed by atoms with van der Waals surface area (Å²) in [6.07, 6.45) is 0. The number of nitriles is 1. The van der Waals surface area contributed by atoms with Gasteiger partial charge in [-0.15, -0.1) is 5.11 Å². The van der Waals surface area contributed by atoms with Gasteiger partial charge in [0, 0.05) is 5.69 Å². The van der Waals surface area contributed by atoms with Crippen molar-refractivity contribution in [2.24, 2.45) is 10.2 Å². The van der Waals surface area contributed by atoms with Crippen LogP contribution in [0.15, 0.2) is 69.6 Å². The molecule has 0 saturated carbocycles. The van der Waals surface area contributed by atoms with Crippen LogP contribution >= 0.6 is 0 Å². The number of benzene rings is 2. The van der Waals surface area contributed by atoms with Crippen molar-refractivity contribution in [1.29, 1.82) is 5.26 Å². The van der Waals surface area contributed by atoms with E-state index in [1.807, 2.05) is 43.3 Å². The maximum Gasteiger partial charge on any atom is 0.279 e. The number of para-hydroxylation sites is 1. The summed E-state index contributed by atoms with van der Waals surface area (Å²) in [6, 6.07) is 18.5. The molecule has 0 aliphatic carbocycles. The zero-order chi connectivity index (χ0) is 18.5. The first-order chi connectivity index (χ1) is 12.6. The van der Waals surface area contributed by atoms with Crippen LogP contribution in [-0.2, 0) is 0 Å². The summed E-state index contributed by atoms with van der Waals surface area (Å²) in [4.78, 5) is 14.8. The van der Waals surface area contributed by atoms with Gasteiger partial charge in [0.1, 0.15) is 17.5 Å². The Morgan fingerprint density at radius 2 is 1.77 bits per heavy atom. The minimum Gasteiger partial charge on any atom is -0.384 e. The number of nitrogens with zero attached hydrogens (tertiary/aromatic N) is 3. The molecule has 26 heavy (non-hydrogen) atoms. The number of aryl methyl sites for hydroxylation is 1. The molecule has 0 saturated heterocycles. The Kier molecular flexibility index (Phi) is 4.76. The SMILES string of the molecule is Cc1ccc(N=Nc2c(Nc3ccccc3)c(C#N)c(N)[nH]c2=O)cc1. The summed E-state index contributed by atoms with van der Waals surface area (Å²) >= 11 is 0. The van der Waals surface area contributed by atoms with Gasteiger partial charge in [0.15, 0.2) is 5.69 Å². The molecule has 4 N–H and O–H groups in total. The number of rotatable bonds is 4. The van der Waals surface area contributed by atoms with E-state index in [0.717, 1.165) is 5.56 Å². The number of hydrogen-bond acceptors (Lipinski definition) is 6. The maximum atomic E-state index is 12.4. The van der Waals surface area contributed by atoms with Gasteiger partial charge in [-0.3, -0.25) is 4.79 Å². The fourth-order valence-electron chi connectivity index (χ4n) is 2.33. The maximum absolute atomic E-state index is 12.4. The van der Waals surface area contributed by atoms with Gasteiger partial charge < -0.3 is 16.0 Å². The normalized spacial score (nSPS) is 10.6. The summed E-state index contributed by atoms with van der Waals surface area (Å²) in [5, 5.41) is 20.7. The van der Waals surface area contributed by atoms with E-state index in [4.69, 9.17) is 5.73 Å². The van der Waals surface area contributed by atoms with Gasteiger partial charge in [-0.2, -0.15) is 10.4 Å². The number of aromatic nitrogens is 1. The number of nitrogen functional groups attached to an aromatic ring is 1. The van der Waals surface area contributed by atoms with Crippen LogP contribution in [0.2, 0.25) is 0 Å². The standard InChI is InChI=1S/C19H16N6O/c1-12-7-9-14(10-8-12)24-25-17-16(22-13-5-3-2-4-6-13)15(11-20)18(21)23-19(17)26/h2-10H,1H3,(H4,21,22,23,26). The Morgan fingerprint density at radius 1 is 1.08 bits per heavy atom. The Balaban J connectivity index is 2.10. The summed E-state index contributed by atoms with van der Waals surface area (Å²) < 4.78 is 0. The molecule has 0 radical (unpaired) electrons. The van der Waals surface area contributed by atoms with Crippen LogP contribution in [0.1, 0.15) is 11.1 Å². The molecule has 128 valence electrons. The molecular formula is C19H16N6O. The van der Waals surface area contributed by atoms with Crippen LogP contribution in [0.25, 0.3) is 0 Å². The summed E-state index contributed by atoms with van der Waals surface area (Å²) in [6.45, 7) is 1.96. The molecular weight excluding hydrogens is 328 g/mol. The first-order valence-corrected chi connectivity index (χ1v) is 7.85. The lowest BCUT2D eigenvalue weighted by Gasteiger charge is -2.11. The minimum atomic E-state index is -0.532. The van der Waals surface area contributed by atoms with Crippen molar-refractivity contribution < 1.29 is 0 Å². The van der Waals surface area contributed by atoms with Crippen LogP contribution < -0.4 is 16.6 Å². The fraction of sp³-hybridized carbons (Fsp3) is 0.0526. The number of nitrogens with one attached hydrogen (secondary N) is 2. The largest absolute Gasteiger partial charge is 0.384 e. The van der Waals surface area contributed by atoms with Crippen molar-refractivity contribution in [1.82, 2.24) is 4.98 Å². The lowest BCUT2D eigenvalue weighted by molar-refractivity contribution is 1.15. The Morgan fingerprint density at radius 3 is 2.42 bits per heavy atom. The van der Waals surface area contributed by atoms with Crippen molar-refractivity contribution in [2.45, 2.75) is 6.92 Å². The third-order valence-electron chi connectivity index (χ3n) is 3.67. The molecule has 1 heterocycles. The number of azo groups is 1. The van der Waals surface area contributed by atoms with Crippen LogP contribution in [0.4, 0.5) is 28.6 Å². The zero-order valence-corrected chi connectivity index (χ0v) is 14.0. The van der Waals surface area contributed by atoms with Crippen molar-refractivity contribution >= 4 is 28.6 Å². The molecule has 0 bridgehead atoms. The molecule has 0 aliphatic heterocycles. The van der Waals surface area contributed by atoms with E-state index in [9.17, 15) is 10.1 Å². The summed E-state index contributed by atoms with van der Waals surface area (Å²) in [7, 11) is 0. The van der Waals surface area contributed by atoms with Gasteiger partial charge in [-0.1, -0.05) is 35.9 Å². The van der Waals surface area contributed by atoms with E-state index >= 15 is 0 Å². The third kappa shape index (κ3) is 3.60. The Hall–Kier alpha value is -3.92. The van der Waals surface area contributed by atoms with E-state index in [1.165, 1.54) is 0 Å². The van der Waals surface area contributed by atoms with Crippen LogP contribution in [0.3, 0.4) is 0 Å². The lowest BCUT2D eigenvalue weighted by atomic mass is 10.2. The molecule has 0 aliphatic rings. The zero-order valence-electron chi connectivity index (χ0n) is 14.0. The highest BCUT2D eigenvalue weighted by Gasteiger charge is 2.17. The number of hydrogen-bond donors (Lipinski definition) is 3. The van der Waals surface area contributed by atoms with Crippen molar-refractivity contribution in [3.63, 3.8) is 0 Å². The van der Waals surface area contributed by atoms with E-state index in [2.05, 4.69) is 20.5 Å². The predicted octanol–water partition coefficient (Wildman–Crippen LogP) is 4.30. The molecule has 7 nitrogen and oxygen atoms in total. The topological polar surface area (TPSA) is 119 Å². The Bertz CT molecular complexity index is 1050. The van der Waals surface area contributed by atoms with Gasteiger partial charge in [-0.05, 0) is 31.2 Å². The quantitative estimate of drug-likeness (QED) is 0.611. The van der Waals surface area contributed by atoms with Crippen molar-refractivity contribution in [3.05, 3.63) is 76.1 Å². The number of pyridine rings is 1. The minimum absolute atomic E-state index is 0.0137. The van der Waals surface area contributed by atoms with Crippen LogP contribution in [0.5, 0.6) is 0 Å². The summed E-state index contributed by atoms with van der Waals surface area (Å²) in [5.41, 5.74) is 7.94. The molecule has 0 spiro atoms. The van der Waals surface area contributed by atoms with Gasteiger partial charge >= 0.3 is 0 Å². The van der Waals surface area contributed by atoms with Gasteiger partial charge in [0.25, 0.3) is 5.56 Å². The molecule has 7 heteroatoms. The van der Waals surface area contributed by atoms with E-state index in [0.29, 0.717) is 11.4 Å². The van der Waals surface area contributed by atoms with E-state index in [1.54, 1.807) is 24.3 Å². The van der Waals surface area contributed by atoms with Crippen LogP contribution in [-0.4, -0.2) is 4.98 Å². The number of H-pyrrole nitrogens is 1. The van der Waals surface area contributed by atoms with Gasteiger partial charge in [-0.25, -0.2) is 0 Å². The fourth-order valence-corrected chi connectivity index (χ4v) is 2.33. The molecule has 3 rings (SSSR count). The monoisotopic (exact) mass is 344 g/mol. The second-order valence-electron chi connectivity index (χ2n) is 5.60. The average molecular weight is 344 g/mol. The first-order valence-electron chi connectivity index (χ1n) is 7.85. The molecule has 0 amide bonds. The lowest BCUT2D eigenvalue weighted by Crippen LogP contribution is -2.13. The first kappa shape index (κ1) is 16.9. The highest BCUT2D eigenvalue weighted by atomic mass is 16.1. The second-order valence-corrected chi connectivity index (χ2v) is 5.60.